The van der Waals surface area contributed by atoms with Crippen LogP contribution in [0.3, 0.4) is 0 Å². The molecule has 1 aromatic rings. The summed E-state index contributed by atoms with van der Waals surface area (Å²) in [6.07, 6.45) is 2.72. The number of nitrogens with one attached hydrogen (secondary N) is 1. The molecule has 1 heterocycles. The van der Waals surface area contributed by atoms with E-state index in [2.05, 4.69) is 16.8 Å². The standard InChI is InChI=1S/C15H21FN2O/c1-3-4-14(18-9-7-17-8-10-18)12-5-6-15(19-2)13(16)11-12/h3,5-6,11,14,17H,1,4,7-10H2,2H3/t14-/m1/s1. The van der Waals surface area contributed by atoms with Gasteiger partial charge in [-0.15, -0.1) is 6.58 Å². The second-order valence-electron chi connectivity index (χ2n) is 4.72. The molecule has 0 spiro atoms. The van der Waals surface area contributed by atoms with Crippen molar-refractivity contribution < 1.29 is 9.13 Å². The molecule has 0 radical (unpaired) electrons. The van der Waals surface area contributed by atoms with E-state index in [4.69, 9.17) is 4.74 Å². The van der Waals surface area contributed by atoms with E-state index in [9.17, 15) is 4.39 Å². The predicted octanol–water partition coefficient (Wildman–Crippen LogP) is 2.36. The van der Waals surface area contributed by atoms with Gasteiger partial charge in [-0.3, -0.25) is 4.90 Å². The van der Waals surface area contributed by atoms with E-state index < -0.39 is 0 Å². The average Bonchev–Trinajstić information content (AvgIpc) is 2.45. The van der Waals surface area contributed by atoms with E-state index in [-0.39, 0.29) is 11.9 Å². The fourth-order valence-corrected chi connectivity index (χ4v) is 2.54. The molecule has 3 nitrogen and oxygen atoms in total. The minimum Gasteiger partial charge on any atom is -0.494 e. The molecule has 1 atom stereocenters. The van der Waals surface area contributed by atoms with Gasteiger partial charge in [0.2, 0.25) is 0 Å². The zero-order chi connectivity index (χ0) is 13.7. The lowest BCUT2D eigenvalue weighted by atomic mass is 10.0. The summed E-state index contributed by atoms with van der Waals surface area (Å²) in [5.41, 5.74) is 0.986. The lowest BCUT2D eigenvalue weighted by molar-refractivity contribution is 0.174. The monoisotopic (exact) mass is 264 g/mol. The Labute approximate surface area is 114 Å². The predicted molar refractivity (Wildman–Crippen MR) is 74.9 cm³/mol. The number of nitrogens with zero attached hydrogens (tertiary/aromatic N) is 1. The van der Waals surface area contributed by atoms with Crippen LogP contribution in [0.5, 0.6) is 5.75 Å². The largest absolute Gasteiger partial charge is 0.494 e. The number of benzene rings is 1. The zero-order valence-corrected chi connectivity index (χ0v) is 11.4. The van der Waals surface area contributed by atoms with Gasteiger partial charge in [-0.25, -0.2) is 4.39 Å². The lowest BCUT2D eigenvalue weighted by Crippen LogP contribution is -2.45. The van der Waals surface area contributed by atoms with Crippen molar-refractivity contribution in [1.29, 1.82) is 0 Å². The van der Waals surface area contributed by atoms with E-state index in [1.807, 2.05) is 12.1 Å². The molecular weight excluding hydrogens is 243 g/mol. The van der Waals surface area contributed by atoms with Crippen molar-refractivity contribution in [2.75, 3.05) is 33.3 Å². The first kappa shape index (κ1) is 14.0. The van der Waals surface area contributed by atoms with Crippen LogP contribution in [0.25, 0.3) is 0 Å². The van der Waals surface area contributed by atoms with E-state index in [1.165, 1.54) is 7.11 Å². The Bertz CT molecular complexity index is 430. The van der Waals surface area contributed by atoms with E-state index >= 15 is 0 Å². The maximum atomic E-state index is 13.8. The summed E-state index contributed by atoms with van der Waals surface area (Å²) < 4.78 is 18.8. The van der Waals surface area contributed by atoms with E-state index in [0.717, 1.165) is 38.2 Å². The van der Waals surface area contributed by atoms with Gasteiger partial charge < -0.3 is 10.1 Å². The van der Waals surface area contributed by atoms with Crippen molar-refractivity contribution in [3.63, 3.8) is 0 Å². The Morgan fingerprint density at radius 2 is 2.21 bits per heavy atom. The van der Waals surface area contributed by atoms with Gasteiger partial charge in [0.05, 0.1) is 7.11 Å². The van der Waals surface area contributed by atoms with Gasteiger partial charge in [-0.05, 0) is 24.1 Å². The van der Waals surface area contributed by atoms with Gasteiger partial charge in [-0.1, -0.05) is 12.1 Å². The number of halogens is 1. The maximum absolute atomic E-state index is 13.8. The first-order valence-electron chi connectivity index (χ1n) is 6.65. The molecule has 1 fully saturated rings. The smallest absolute Gasteiger partial charge is 0.165 e. The van der Waals surface area contributed by atoms with Crippen LogP contribution in [0.2, 0.25) is 0 Å². The van der Waals surface area contributed by atoms with Crippen molar-refractivity contribution in [3.8, 4) is 5.75 Å². The van der Waals surface area contributed by atoms with Gasteiger partial charge in [0, 0.05) is 32.2 Å². The van der Waals surface area contributed by atoms with Gasteiger partial charge in [0.15, 0.2) is 11.6 Å². The summed E-state index contributed by atoms with van der Waals surface area (Å²) in [7, 11) is 1.48. The molecule has 0 aliphatic carbocycles. The lowest BCUT2D eigenvalue weighted by Gasteiger charge is -2.34. The van der Waals surface area contributed by atoms with Crippen LogP contribution in [-0.2, 0) is 0 Å². The van der Waals surface area contributed by atoms with Crippen LogP contribution in [0, 0.1) is 5.82 Å². The third kappa shape index (κ3) is 3.33. The quantitative estimate of drug-likeness (QED) is 0.826. The first-order valence-corrected chi connectivity index (χ1v) is 6.65. The van der Waals surface area contributed by atoms with Gasteiger partial charge in [0.25, 0.3) is 0 Å². The fraction of sp³-hybridized carbons (Fsp3) is 0.467. The molecule has 0 saturated carbocycles. The summed E-state index contributed by atoms with van der Waals surface area (Å²) in [4.78, 5) is 2.37. The number of ether oxygens (including phenoxy) is 1. The van der Waals surface area contributed by atoms with Gasteiger partial charge in [0.1, 0.15) is 0 Å². The van der Waals surface area contributed by atoms with E-state index in [0.29, 0.717) is 5.75 Å². The Balaban J connectivity index is 2.22. The Morgan fingerprint density at radius 3 is 2.79 bits per heavy atom. The molecule has 4 heteroatoms. The van der Waals surface area contributed by atoms with Crippen LogP contribution in [0.15, 0.2) is 30.9 Å². The number of piperazine rings is 1. The van der Waals surface area contributed by atoms with Crippen LogP contribution < -0.4 is 10.1 Å². The number of hydrogen-bond donors (Lipinski definition) is 1. The van der Waals surface area contributed by atoms with Crippen LogP contribution >= 0.6 is 0 Å². The molecule has 0 amide bonds. The summed E-state index contributed by atoms with van der Waals surface area (Å²) in [6, 6.07) is 5.41. The molecule has 104 valence electrons. The van der Waals surface area contributed by atoms with Crippen molar-refractivity contribution in [3.05, 3.63) is 42.2 Å². The fourth-order valence-electron chi connectivity index (χ4n) is 2.54. The molecule has 1 aliphatic heterocycles. The normalized spacial score (nSPS) is 18.0. The van der Waals surface area contributed by atoms with Gasteiger partial charge in [-0.2, -0.15) is 0 Å². The van der Waals surface area contributed by atoms with Crippen molar-refractivity contribution >= 4 is 0 Å². The minimum absolute atomic E-state index is 0.194. The number of methoxy groups -OCH3 is 1. The van der Waals surface area contributed by atoms with Gasteiger partial charge >= 0.3 is 0 Å². The van der Waals surface area contributed by atoms with Crippen LogP contribution in [0.4, 0.5) is 4.39 Å². The molecule has 1 N–H and O–H groups in total. The molecule has 0 bridgehead atoms. The summed E-state index contributed by atoms with van der Waals surface area (Å²) in [6.45, 7) is 7.73. The minimum atomic E-state index is -0.302. The topological polar surface area (TPSA) is 24.5 Å². The molecule has 1 aliphatic rings. The highest BCUT2D eigenvalue weighted by Crippen LogP contribution is 2.28. The summed E-state index contributed by atoms with van der Waals surface area (Å²) >= 11 is 0. The van der Waals surface area contributed by atoms with Crippen molar-refractivity contribution in [2.45, 2.75) is 12.5 Å². The van der Waals surface area contributed by atoms with Crippen molar-refractivity contribution in [1.82, 2.24) is 10.2 Å². The maximum Gasteiger partial charge on any atom is 0.165 e. The third-order valence-electron chi connectivity index (χ3n) is 3.54. The number of rotatable bonds is 5. The first-order chi connectivity index (χ1) is 9.26. The average molecular weight is 264 g/mol. The van der Waals surface area contributed by atoms with Crippen molar-refractivity contribution in [2.24, 2.45) is 0 Å². The molecule has 2 rings (SSSR count). The number of hydrogen-bond acceptors (Lipinski definition) is 3. The van der Waals surface area contributed by atoms with E-state index in [1.54, 1.807) is 12.1 Å². The summed E-state index contributed by atoms with van der Waals surface area (Å²) in [5.74, 6) is -0.00869. The third-order valence-corrected chi connectivity index (χ3v) is 3.54. The Kier molecular flexibility index (Phi) is 4.93. The molecule has 0 aromatic heterocycles. The second-order valence-corrected chi connectivity index (χ2v) is 4.72. The molecule has 1 saturated heterocycles. The Hall–Kier alpha value is -1.39. The summed E-state index contributed by atoms with van der Waals surface area (Å²) in [5, 5.41) is 3.33. The SMILES string of the molecule is C=CC[C@H](c1ccc(OC)c(F)c1)N1CCNCC1. The Morgan fingerprint density at radius 1 is 1.47 bits per heavy atom. The highest BCUT2D eigenvalue weighted by atomic mass is 19.1. The molecule has 1 aromatic carbocycles. The molecular formula is C15H21FN2O. The second kappa shape index (κ2) is 6.68. The zero-order valence-electron chi connectivity index (χ0n) is 11.4. The van der Waals surface area contributed by atoms with Crippen LogP contribution in [-0.4, -0.2) is 38.2 Å². The van der Waals surface area contributed by atoms with Crippen LogP contribution in [0.1, 0.15) is 18.0 Å². The highest BCUT2D eigenvalue weighted by Gasteiger charge is 2.21. The molecule has 0 unspecified atom stereocenters. The molecule has 19 heavy (non-hydrogen) atoms. The highest BCUT2D eigenvalue weighted by molar-refractivity contribution is 5.31.